The molecule has 6 nitrogen and oxygen atoms in total. The summed E-state index contributed by atoms with van der Waals surface area (Å²) in [5.74, 6) is -1.64. The van der Waals surface area contributed by atoms with Gasteiger partial charge in [-0.25, -0.2) is 9.78 Å². The Kier molecular flexibility index (Phi) is 5.85. The largest absolute Gasteiger partial charge is 0.365 e. The van der Waals surface area contributed by atoms with Gasteiger partial charge < -0.3 is 10.6 Å². The van der Waals surface area contributed by atoms with Crippen molar-refractivity contribution < 1.29 is 14.4 Å². The van der Waals surface area contributed by atoms with Gasteiger partial charge in [-0.15, -0.1) is 11.3 Å². The van der Waals surface area contributed by atoms with Crippen LogP contribution in [0.4, 0.5) is 0 Å². The third-order valence-electron chi connectivity index (χ3n) is 3.36. The summed E-state index contributed by atoms with van der Waals surface area (Å²) in [5, 5.41) is 6.53. The molecule has 0 bridgehead atoms. The number of primary amides is 1. The number of hydrogen-bond donors (Lipinski definition) is 1. The molecule has 3 rings (SSSR count). The number of thiazole rings is 1. The maximum atomic E-state index is 12.0. The van der Waals surface area contributed by atoms with E-state index < -0.39 is 11.9 Å². The molecule has 27 heavy (non-hydrogen) atoms. The van der Waals surface area contributed by atoms with Crippen molar-refractivity contribution in [1.82, 2.24) is 4.98 Å². The maximum absolute atomic E-state index is 12.0. The first-order valence-electron chi connectivity index (χ1n) is 7.50. The van der Waals surface area contributed by atoms with Gasteiger partial charge in [0.1, 0.15) is 0 Å². The van der Waals surface area contributed by atoms with E-state index in [0.717, 1.165) is 16.9 Å². The number of oxime groups is 1. The second-order valence-corrected chi connectivity index (χ2v) is 6.97. The fourth-order valence-corrected chi connectivity index (χ4v) is 3.21. The summed E-state index contributed by atoms with van der Waals surface area (Å²) in [7, 11) is 0. The molecule has 0 saturated carbocycles. The SMILES string of the molecule is NC(=O)C(=NOC(=O)c1cccc(Cl)c1)c1nc(-c2ccc(Cl)cc2)cs1. The lowest BCUT2D eigenvalue weighted by Crippen LogP contribution is -2.25. The third-order valence-corrected chi connectivity index (χ3v) is 4.70. The molecule has 2 N–H and O–H groups in total. The van der Waals surface area contributed by atoms with Gasteiger partial charge in [0.15, 0.2) is 5.01 Å². The van der Waals surface area contributed by atoms with Gasteiger partial charge in [-0.2, -0.15) is 0 Å². The Hall–Kier alpha value is -2.74. The molecule has 1 amide bonds. The molecule has 9 heteroatoms. The van der Waals surface area contributed by atoms with Gasteiger partial charge in [0, 0.05) is 21.0 Å². The molecule has 0 aliphatic carbocycles. The molecule has 1 heterocycles. The second kappa shape index (κ2) is 8.30. The van der Waals surface area contributed by atoms with E-state index in [0.29, 0.717) is 15.7 Å². The average molecular weight is 420 g/mol. The van der Waals surface area contributed by atoms with Gasteiger partial charge >= 0.3 is 5.97 Å². The highest BCUT2D eigenvalue weighted by molar-refractivity contribution is 7.13. The maximum Gasteiger partial charge on any atom is 0.365 e. The van der Waals surface area contributed by atoms with Crippen molar-refractivity contribution in [2.24, 2.45) is 10.9 Å². The number of carbonyl (C=O) groups excluding carboxylic acids is 2. The van der Waals surface area contributed by atoms with E-state index in [4.69, 9.17) is 33.8 Å². The lowest BCUT2D eigenvalue weighted by molar-refractivity contribution is -0.112. The van der Waals surface area contributed by atoms with Crippen molar-refractivity contribution in [1.29, 1.82) is 0 Å². The normalized spacial score (nSPS) is 11.3. The van der Waals surface area contributed by atoms with Crippen LogP contribution in [0.15, 0.2) is 59.1 Å². The number of amides is 1. The van der Waals surface area contributed by atoms with Crippen LogP contribution in [-0.2, 0) is 9.63 Å². The summed E-state index contributed by atoms with van der Waals surface area (Å²) < 4.78 is 0. The van der Waals surface area contributed by atoms with Gasteiger partial charge in [0.05, 0.1) is 11.3 Å². The minimum absolute atomic E-state index is 0.191. The van der Waals surface area contributed by atoms with E-state index in [9.17, 15) is 9.59 Å². The molecule has 0 fully saturated rings. The van der Waals surface area contributed by atoms with Crippen molar-refractivity contribution in [3.8, 4) is 11.3 Å². The summed E-state index contributed by atoms with van der Waals surface area (Å²) in [4.78, 5) is 32.9. The lowest BCUT2D eigenvalue weighted by atomic mass is 10.2. The number of benzene rings is 2. The van der Waals surface area contributed by atoms with Gasteiger partial charge in [-0.1, -0.05) is 46.6 Å². The van der Waals surface area contributed by atoms with Crippen LogP contribution in [0.2, 0.25) is 10.0 Å². The molecule has 1 aromatic heterocycles. The fourth-order valence-electron chi connectivity index (χ4n) is 2.08. The second-order valence-electron chi connectivity index (χ2n) is 5.24. The number of rotatable bonds is 5. The first-order valence-corrected chi connectivity index (χ1v) is 9.14. The Morgan fingerprint density at radius 3 is 2.48 bits per heavy atom. The Morgan fingerprint density at radius 1 is 1.07 bits per heavy atom. The summed E-state index contributed by atoms with van der Waals surface area (Å²) >= 11 is 12.9. The number of nitrogens with zero attached hydrogens (tertiary/aromatic N) is 2. The van der Waals surface area contributed by atoms with E-state index in [-0.39, 0.29) is 16.3 Å². The Morgan fingerprint density at radius 2 is 1.81 bits per heavy atom. The lowest BCUT2D eigenvalue weighted by Gasteiger charge is -2.01. The Balaban J connectivity index is 1.83. The molecular weight excluding hydrogens is 409 g/mol. The molecule has 0 saturated heterocycles. The molecule has 3 aromatic rings. The predicted octanol–water partition coefficient (Wildman–Crippen LogP) is 4.16. The van der Waals surface area contributed by atoms with Crippen LogP contribution in [0, 0.1) is 0 Å². The first-order chi connectivity index (χ1) is 12.9. The highest BCUT2D eigenvalue weighted by Gasteiger charge is 2.18. The van der Waals surface area contributed by atoms with Gasteiger partial charge in [0.2, 0.25) is 5.71 Å². The van der Waals surface area contributed by atoms with Crippen molar-refractivity contribution in [2.45, 2.75) is 0 Å². The van der Waals surface area contributed by atoms with E-state index in [1.807, 2.05) is 0 Å². The van der Waals surface area contributed by atoms with Crippen molar-refractivity contribution in [2.75, 3.05) is 0 Å². The monoisotopic (exact) mass is 419 g/mol. The first kappa shape index (κ1) is 19.0. The minimum Gasteiger partial charge on any atom is -0.364 e. The van der Waals surface area contributed by atoms with Crippen LogP contribution in [0.25, 0.3) is 11.3 Å². The van der Waals surface area contributed by atoms with Crippen LogP contribution >= 0.6 is 34.5 Å². The van der Waals surface area contributed by atoms with Crippen molar-refractivity contribution in [3.05, 3.63) is 74.5 Å². The Labute approximate surface area is 168 Å². The standard InChI is InChI=1S/C18H11Cl2N3O3S/c19-12-6-4-10(5-7-12)14-9-27-17(22-14)15(16(21)24)23-26-18(25)11-2-1-3-13(20)8-11/h1-9H,(H2,21,24). The van der Waals surface area contributed by atoms with Crippen molar-refractivity contribution >= 4 is 52.1 Å². The zero-order valence-electron chi connectivity index (χ0n) is 13.6. The zero-order chi connectivity index (χ0) is 19.4. The summed E-state index contributed by atoms with van der Waals surface area (Å²) in [6, 6.07) is 13.2. The van der Waals surface area contributed by atoms with Crippen molar-refractivity contribution in [3.63, 3.8) is 0 Å². The number of hydrogen-bond acceptors (Lipinski definition) is 6. The summed E-state index contributed by atoms with van der Waals surface area (Å²) in [6.45, 7) is 0. The highest BCUT2D eigenvalue weighted by Crippen LogP contribution is 2.24. The Bertz CT molecular complexity index is 1030. The van der Waals surface area contributed by atoms with E-state index in [1.165, 1.54) is 12.1 Å². The zero-order valence-corrected chi connectivity index (χ0v) is 15.9. The molecule has 0 aliphatic rings. The van der Waals surface area contributed by atoms with Crippen LogP contribution in [0.3, 0.4) is 0 Å². The number of carbonyl (C=O) groups is 2. The molecule has 0 aliphatic heterocycles. The summed E-state index contributed by atoms with van der Waals surface area (Å²) in [6.07, 6.45) is 0. The topological polar surface area (TPSA) is 94.6 Å². The molecule has 0 unspecified atom stereocenters. The van der Waals surface area contributed by atoms with Crippen LogP contribution in [0.1, 0.15) is 15.4 Å². The number of halogens is 2. The highest BCUT2D eigenvalue weighted by atomic mass is 35.5. The molecule has 136 valence electrons. The number of aromatic nitrogens is 1. The smallest absolute Gasteiger partial charge is 0.364 e. The van der Waals surface area contributed by atoms with E-state index in [1.54, 1.807) is 41.8 Å². The minimum atomic E-state index is -0.870. The van der Waals surface area contributed by atoms with E-state index in [2.05, 4.69) is 10.1 Å². The van der Waals surface area contributed by atoms with Gasteiger partial charge in [-0.3, -0.25) is 4.79 Å². The summed E-state index contributed by atoms with van der Waals surface area (Å²) in [5.41, 5.74) is 6.71. The molecular formula is C18H11Cl2N3O3S. The van der Waals surface area contributed by atoms with Gasteiger partial charge in [-0.05, 0) is 30.3 Å². The molecule has 0 spiro atoms. The number of nitrogens with two attached hydrogens (primary N) is 1. The molecule has 0 atom stereocenters. The molecule has 0 radical (unpaired) electrons. The third kappa shape index (κ3) is 4.71. The average Bonchev–Trinajstić information content (AvgIpc) is 3.11. The molecule has 2 aromatic carbocycles. The van der Waals surface area contributed by atoms with Crippen LogP contribution < -0.4 is 5.73 Å². The van der Waals surface area contributed by atoms with E-state index >= 15 is 0 Å². The van der Waals surface area contributed by atoms with Crippen LogP contribution in [0.5, 0.6) is 0 Å². The van der Waals surface area contributed by atoms with Gasteiger partial charge in [0.25, 0.3) is 5.91 Å². The predicted molar refractivity (Wildman–Crippen MR) is 105 cm³/mol. The van der Waals surface area contributed by atoms with Crippen LogP contribution in [-0.4, -0.2) is 22.6 Å². The fraction of sp³-hybridized carbons (Fsp3) is 0. The quantitative estimate of drug-likeness (QED) is 0.381.